The van der Waals surface area contributed by atoms with Gasteiger partial charge in [0.25, 0.3) is 0 Å². The highest BCUT2D eigenvalue weighted by molar-refractivity contribution is 7.99. The third-order valence-corrected chi connectivity index (χ3v) is 5.54. The molecule has 2 atom stereocenters. The van der Waals surface area contributed by atoms with Crippen LogP contribution < -0.4 is 5.32 Å². The molecule has 1 amide bonds. The molecule has 0 bridgehead atoms. The number of aryl methyl sites for hydroxylation is 1. The third-order valence-electron chi connectivity index (χ3n) is 3.29. The summed E-state index contributed by atoms with van der Waals surface area (Å²) in [6.45, 7) is 2.19. The Morgan fingerprint density at radius 1 is 1.50 bits per heavy atom. The maximum atomic E-state index is 11.9. The van der Waals surface area contributed by atoms with E-state index < -0.39 is 0 Å². The van der Waals surface area contributed by atoms with Crippen molar-refractivity contribution in [2.45, 2.75) is 49.1 Å². The minimum Gasteiger partial charge on any atom is -0.353 e. The van der Waals surface area contributed by atoms with Gasteiger partial charge in [-0.05, 0) is 35.4 Å². The Balaban J connectivity index is 1.62. The fourth-order valence-corrected chi connectivity index (χ4v) is 4.27. The van der Waals surface area contributed by atoms with Gasteiger partial charge in [-0.3, -0.25) is 4.79 Å². The van der Waals surface area contributed by atoms with Gasteiger partial charge in [-0.1, -0.05) is 18.7 Å². The summed E-state index contributed by atoms with van der Waals surface area (Å²) in [5.74, 6) is 2.01. The van der Waals surface area contributed by atoms with Crippen LogP contribution in [0.3, 0.4) is 0 Å². The van der Waals surface area contributed by atoms with E-state index in [0.717, 1.165) is 29.0 Å². The van der Waals surface area contributed by atoms with E-state index in [1.54, 1.807) is 11.7 Å². The average Bonchev–Trinajstić information content (AvgIpc) is 3.00. The minimum atomic E-state index is 0.139. The molecule has 1 aromatic rings. The molecule has 1 saturated carbocycles. The van der Waals surface area contributed by atoms with Gasteiger partial charge >= 0.3 is 0 Å². The molecule has 0 spiro atoms. The Morgan fingerprint density at radius 2 is 2.35 bits per heavy atom. The van der Waals surface area contributed by atoms with Crippen LogP contribution in [0, 0.1) is 0 Å². The number of aromatic nitrogens is 4. The molecule has 1 heterocycles. The lowest BCUT2D eigenvalue weighted by Crippen LogP contribution is -2.33. The zero-order valence-corrected chi connectivity index (χ0v) is 13.5. The predicted octanol–water partition coefficient (Wildman–Crippen LogP) is 1.48. The van der Waals surface area contributed by atoms with Crippen LogP contribution in [-0.4, -0.2) is 48.9 Å². The largest absolute Gasteiger partial charge is 0.353 e. The van der Waals surface area contributed by atoms with Crippen LogP contribution in [0.4, 0.5) is 0 Å². The van der Waals surface area contributed by atoms with Crippen molar-refractivity contribution in [1.29, 1.82) is 0 Å². The van der Waals surface area contributed by atoms with Crippen molar-refractivity contribution in [2.75, 3.05) is 11.5 Å². The van der Waals surface area contributed by atoms with Crippen molar-refractivity contribution in [3.05, 3.63) is 0 Å². The molecule has 0 aliphatic heterocycles. The van der Waals surface area contributed by atoms with Crippen LogP contribution in [0.2, 0.25) is 0 Å². The minimum absolute atomic E-state index is 0.139. The lowest BCUT2D eigenvalue weighted by Gasteiger charge is -2.12. The molecule has 20 heavy (non-hydrogen) atoms. The van der Waals surface area contributed by atoms with E-state index in [-0.39, 0.29) is 5.91 Å². The van der Waals surface area contributed by atoms with Crippen LogP contribution in [-0.2, 0) is 11.8 Å². The van der Waals surface area contributed by atoms with E-state index in [1.165, 1.54) is 18.2 Å². The number of carbonyl (C=O) groups is 1. The molecule has 112 valence electrons. The maximum absolute atomic E-state index is 11.9. The van der Waals surface area contributed by atoms with E-state index in [2.05, 4.69) is 27.8 Å². The summed E-state index contributed by atoms with van der Waals surface area (Å²) in [4.78, 5) is 11.9. The molecular formula is C12H21N5OS2. The summed E-state index contributed by atoms with van der Waals surface area (Å²) in [5.41, 5.74) is 0. The first-order chi connectivity index (χ1) is 9.69. The standard InChI is InChI=1S/C12H21N5OS2/c1-3-19-10-5-4-9(8-10)13-11(18)6-7-20-12-14-15-16-17(12)2/h9-10H,3-8H2,1-2H3,(H,13,18)/t9-,10-/m1/s1. The monoisotopic (exact) mass is 315 g/mol. The second-order valence-electron chi connectivity index (χ2n) is 4.84. The summed E-state index contributed by atoms with van der Waals surface area (Å²) in [7, 11) is 1.80. The molecule has 2 rings (SSSR count). The van der Waals surface area contributed by atoms with E-state index >= 15 is 0 Å². The molecule has 0 unspecified atom stereocenters. The van der Waals surface area contributed by atoms with Gasteiger partial charge < -0.3 is 5.32 Å². The van der Waals surface area contributed by atoms with Crippen molar-refractivity contribution >= 4 is 29.4 Å². The number of rotatable bonds is 7. The Kier molecular flexibility index (Phi) is 6.15. The van der Waals surface area contributed by atoms with Crippen LogP contribution in [0.15, 0.2) is 5.16 Å². The molecular weight excluding hydrogens is 294 g/mol. The maximum Gasteiger partial charge on any atom is 0.221 e. The highest BCUT2D eigenvalue weighted by Gasteiger charge is 2.25. The van der Waals surface area contributed by atoms with Gasteiger partial charge in [-0.2, -0.15) is 11.8 Å². The highest BCUT2D eigenvalue weighted by Crippen LogP contribution is 2.29. The number of carbonyl (C=O) groups excluding carboxylic acids is 1. The number of hydrogen-bond acceptors (Lipinski definition) is 6. The van der Waals surface area contributed by atoms with Crippen LogP contribution >= 0.6 is 23.5 Å². The van der Waals surface area contributed by atoms with Gasteiger partial charge in [0.15, 0.2) is 0 Å². The number of thioether (sulfide) groups is 2. The third kappa shape index (κ3) is 4.66. The Labute approximate surface area is 127 Å². The smallest absolute Gasteiger partial charge is 0.221 e. The zero-order chi connectivity index (χ0) is 14.4. The van der Waals surface area contributed by atoms with Crippen molar-refractivity contribution in [3.8, 4) is 0 Å². The second-order valence-corrected chi connectivity index (χ2v) is 7.48. The Morgan fingerprint density at radius 3 is 3.05 bits per heavy atom. The Bertz CT molecular complexity index is 439. The van der Waals surface area contributed by atoms with E-state index in [1.807, 2.05) is 11.8 Å². The summed E-state index contributed by atoms with van der Waals surface area (Å²) >= 11 is 3.52. The Hall–Kier alpha value is -0.760. The van der Waals surface area contributed by atoms with Gasteiger partial charge in [-0.15, -0.1) is 5.10 Å². The van der Waals surface area contributed by atoms with Gasteiger partial charge in [0, 0.05) is 30.5 Å². The number of tetrazole rings is 1. The highest BCUT2D eigenvalue weighted by atomic mass is 32.2. The lowest BCUT2D eigenvalue weighted by molar-refractivity contribution is -0.121. The first kappa shape index (κ1) is 15.6. The molecule has 0 saturated heterocycles. The number of nitrogens with zero attached hydrogens (tertiary/aromatic N) is 4. The van der Waals surface area contributed by atoms with Gasteiger partial charge in [-0.25, -0.2) is 4.68 Å². The molecule has 0 radical (unpaired) electrons. The number of amides is 1. The first-order valence-electron chi connectivity index (χ1n) is 6.95. The van der Waals surface area contributed by atoms with Crippen LogP contribution in [0.1, 0.15) is 32.6 Å². The first-order valence-corrected chi connectivity index (χ1v) is 8.98. The van der Waals surface area contributed by atoms with Gasteiger partial charge in [0.1, 0.15) is 0 Å². The van der Waals surface area contributed by atoms with Crippen LogP contribution in [0.25, 0.3) is 0 Å². The average molecular weight is 315 g/mol. The quantitative estimate of drug-likeness (QED) is 0.769. The van der Waals surface area contributed by atoms with Crippen molar-refractivity contribution < 1.29 is 4.79 Å². The molecule has 8 heteroatoms. The fraction of sp³-hybridized carbons (Fsp3) is 0.833. The van der Waals surface area contributed by atoms with Gasteiger partial charge in [0.2, 0.25) is 11.1 Å². The summed E-state index contributed by atoms with van der Waals surface area (Å²) in [6.07, 6.45) is 3.97. The zero-order valence-electron chi connectivity index (χ0n) is 11.9. The summed E-state index contributed by atoms with van der Waals surface area (Å²) in [6, 6.07) is 0.369. The summed E-state index contributed by atoms with van der Waals surface area (Å²) in [5, 5.41) is 15.8. The molecule has 1 N–H and O–H groups in total. The molecule has 1 aliphatic rings. The molecule has 1 aliphatic carbocycles. The molecule has 6 nitrogen and oxygen atoms in total. The normalized spacial score (nSPS) is 22.1. The van der Waals surface area contributed by atoms with E-state index in [9.17, 15) is 4.79 Å². The molecule has 1 aromatic heterocycles. The number of nitrogens with one attached hydrogen (secondary N) is 1. The predicted molar refractivity (Wildman–Crippen MR) is 81.8 cm³/mol. The SMILES string of the molecule is CCS[C@@H]1CC[C@@H](NC(=O)CCSc2nnnn2C)C1. The summed E-state index contributed by atoms with van der Waals surface area (Å²) < 4.78 is 1.62. The fourth-order valence-electron chi connectivity index (χ4n) is 2.34. The van der Waals surface area contributed by atoms with E-state index in [4.69, 9.17) is 0 Å². The lowest BCUT2D eigenvalue weighted by atomic mass is 10.2. The van der Waals surface area contributed by atoms with Crippen molar-refractivity contribution in [2.24, 2.45) is 7.05 Å². The van der Waals surface area contributed by atoms with Gasteiger partial charge in [0.05, 0.1) is 0 Å². The van der Waals surface area contributed by atoms with Crippen molar-refractivity contribution in [3.63, 3.8) is 0 Å². The van der Waals surface area contributed by atoms with Crippen molar-refractivity contribution in [1.82, 2.24) is 25.5 Å². The molecule has 1 fully saturated rings. The molecule has 0 aromatic carbocycles. The second kappa shape index (κ2) is 7.87. The van der Waals surface area contributed by atoms with Crippen LogP contribution in [0.5, 0.6) is 0 Å². The van der Waals surface area contributed by atoms with E-state index in [0.29, 0.717) is 18.2 Å². The topological polar surface area (TPSA) is 72.7 Å². The number of hydrogen-bond donors (Lipinski definition) is 1.